The van der Waals surface area contributed by atoms with Crippen LogP contribution >= 0.6 is 0 Å². The Hall–Kier alpha value is -0.870. The second-order valence-corrected chi connectivity index (χ2v) is 4.92. The van der Waals surface area contributed by atoms with E-state index >= 15 is 0 Å². The van der Waals surface area contributed by atoms with Gasteiger partial charge in [0.05, 0.1) is 6.33 Å². The molecular formula is C13H24N4. The van der Waals surface area contributed by atoms with Gasteiger partial charge in [0.25, 0.3) is 0 Å². The molecule has 1 heterocycles. The highest BCUT2D eigenvalue weighted by atomic mass is 15.2. The van der Waals surface area contributed by atoms with Gasteiger partial charge in [0.15, 0.2) is 0 Å². The molecule has 0 aromatic carbocycles. The monoisotopic (exact) mass is 236 g/mol. The SMILES string of the molecule is NCCCN(CCCn1ccnc1)C1CCC1. The van der Waals surface area contributed by atoms with Gasteiger partial charge in [-0.3, -0.25) is 0 Å². The summed E-state index contributed by atoms with van der Waals surface area (Å²) >= 11 is 0. The lowest BCUT2D eigenvalue weighted by atomic mass is 9.91. The van der Waals surface area contributed by atoms with E-state index in [1.807, 2.05) is 18.7 Å². The molecule has 4 heteroatoms. The van der Waals surface area contributed by atoms with Crippen LogP contribution in [-0.4, -0.2) is 40.1 Å². The highest BCUT2D eigenvalue weighted by Crippen LogP contribution is 2.24. The number of hydrogen-bond donors (Lipinski definition) is 1. The Balaban J connectivity index is 1.68. The molecule has 1 aliphatic carbocycles. The average molecular weight is 236 g/mol. The highest BCUT2D eigenvalue weighted by Gasteiger charge is 2.23. The lowest BCUT2D eigenvalue weighted by molar-refractivity contribution is 0.123. The van der Waals surface area contributed by atoms with Crippen LogP contribution < -0.4 is 5.73 Å². The van der Waals surface area contributed by atoms with Crippen LogP contribution in [0, 0.1) is 0 Å². The Morgan fingerprint density at radius 3 is 2.71 bits per heavy atom. The molecule has 0 bridgehead atoms. The van der Waals surface area contributed by atoms with Crippen LogP contribution in [0.1, 0.15) is 32.1 Å². The first kappa shape index (κ1) is 12.6. The van der Waals surface area contributed by atoms with E-state index in [4.69, 9.17) is 5.73 Å². The average Bonchev–Trinajstić information content (AvgIpc) is 2.76. The molecule has 2 rings (SSSR count). The highest BCUT2D eigenvalue weighted by molar-refractivity contribution is 4.80. The third-order valence-electron chi connectivity index (χ3n) is 3.66. The molecule has 0 spiro atoms. The molecule has 1 fully saturated rings. The van der Waals surface area contributed by atoms with Crippen LogP contribution in [0.2, 0.25) is 0 Å². The van der Waals surface area contributed by atoms with E-state index in [2.05, 4.69) is 14.5 Å². The Kier molecular flexibility index (Phi) is 5.01. The lowest BCUT2D eigenvalue weighted by Gasteiger charge is -2.37. The zero-order chi connectivity index (χ0) is 11.9. The number of hydrogen-bond acceptors (Lipinski definition) is 3. The number of aryl methyl sites for hydroxylation is 1. The van der Waals surface area contributed by atoms with Crippen LogP contribution in [0.15, 0.2) is 18.7 Å². The topological polar surface area (TPSA) is 47.1 Å². The van der Waals surface area contributed by atoms with Crippen molar-refractivity contribution in [1.82, 2.24) is 14.5 Å². The Morgan fingerprint density at radius 1 is 1.29 bits per heavy atom. The minimum Gasteiger partial charge on any atom is -0.337 e. The van der Waals surface area contributed by atoms with Crippen molar-refractivity contribution < 1.29 is 0 Å². The molecule has 0 aliphatic heterocycles. The Labute approximate surface area is 104 Å². The van der Waals surface area contributed by atoms with Crippen LogP contribution in [0.25, 0.3) is 0 Å². The van der Waals surface area contributed by atoms with Gasteiger partial charge in [0.1, 0.15) is 0 Å². The van der Waals surface area contributed by atoms with Gasteiger partial charge in [-0.25, -0.2) is 4.98 Å². The van der Waals surface area contributed by atoms with Crippen LogP contribution in [0.3, 0.4) is 0 Å². The minimum absolute atomic E-state index is 0.810. The largest absolute Gasteiger partial charge is 0.337 e. The van der Waals surface area contributed by atoms with Crippen molar-refractivity contribution >= 4 is 0 Å². The van der Waals surface area contributed by atoms with Gasteiger partial charge in [0, 0.05) is 31.5 Å². The molecule has 0 radical (unpaired) electrons. The number of rotatable bonds is 8. The van der Waals surface area contributed by atoms with Gasteiger partial charge in [0.2, 0.25) is 0 Å². The van der Waals surface area contributed by atoms with Crippen molar-refractivity contribution in [3.8, 4) is 0 Å². The summed E-state index contributed by atoms with van der Waals surface area (Å²) in [5.41, 5.74) is 5.60. The fourth-order valence-corrected chi connectivity index (χ4v) is 2.40. The second kappa shape index (κ2) is 6.77. The zero-order valence-electron chi connectivity index (χ0n) is 10.6. The van der Waals surface area contributed by atoms with E-state index in [0.29, 0.717) is 0 Å². The maximum atomic E-state index is 5.60. The molecule has 0 atom stereocenters. The predicted molar refractivity (Wildman–Crippen MR) is 69.7 cm³/mol. The van der Waals surface area contributed by atoms with E-state index < -0.39 is 0 Å². The van der Waals surface area contributed by atoms with Crippen molar-refractivity contribution in [2.75, 3.05) is 19.6 Å². The molecule has 2 N–H and O–H groups in total. The van der Waals surface area contributed by atoms with Crippen molar-refractivity contribution in [3.63, 3.8) is 0 Å². The maximum Gasteiger partial charge on any atom is 0.0945 e. The summed E-state index contributed by atoms with van der Waals surface area (Å²) in [6.45, 7) is 4.25. The van der Waals surface area contributed by atoms with Gasteiger partial charge in [-0.15, -0.1) is 0 Å². The fourth-order valence-electron chi connectivity index (χ4n) is 2.40. The molecule has 0 unspecified atom stereocenters. The maximum absolute atomic E-state index is 5.60. The van der Waals surface area contributed by atoms with Crippen LogP contribution in [-0.2, 0) is 6.54 Å². The first-order valence-corrected chi connectivity index (χ1v) is 6.80. The van der Waals surface area contributed by atoms with E-state index in [-0.39, 0.29) is 0 Å². The number of aromatic nitrogens is 2. The summed E-state index contributed by atoms with van der Waals surface area (Å²) < 4.78 is 2.15. The summed E-state index contributed by atoms with van der Waals surface area (Å²) in [5, 5.41) is 0. The molecule has 0 amide bonds. The van der Waals surface area contributed by atoms with Crippen LogP contribution in [0.5, 0.6) is 0 Å². The smallest absolute Gasteiger partial charge is 0.0945 e. The molecule has 1 saturated carbocycles. The standard InChI is InChI=1S/C13H24N4/c14-6-2-9-17(13-4-1-5-13)10-3-8-16-11-7-15-12-16/h7,11-13H,1-6,8-10,14H2. The van der Waals surface area contributed by atoms with Gasteiger partial charge >= 0.3 is 0 Å². The quantitative estimate of drug-likeness (QED) is 0.743. The summed E-state index contributed by atoms with van der Waals surface area (Å²) in [5.74, 6) is 0. The summed E-state index contributed by atoms with van der Waals surface area (Å²) in [4.78, 5) is 6.70. The summed E-state index contributed by atoms with van der Waals surface area (Å²) in [6.07, 6.45) is 12.3. The number of imidazole rings is 1. The second-order valence-electron chi connectivity index (χ2n) is 4.92. The van der Waals surface area contributed by atoms with Crippen molar-refractivity contribution in [2.45, 2.75) is 44.7 Å². The normalized spacial score (nSPS) is 16.4. The Bertz CT molecular complexity index is 292. The van der Waals surface area contributed by atoms with E-state index in [1.54, 1.807) is 0 Å². The first-order valence-electron chi connectivity index (χ1n) is 6.80. The summed E-state index contributed by atoms with van der Waals surface area (Å²) in [6, 6.07) is 0.837. The summed E-state index contributed by atoms with van der Waals surface area (Å²) in [7, 11) is 0. The first-order chi connectivity index (χ1) is 8.40. The molecule has 1 aromatic heterocycles. The van der Waals surface area contributed by atoms with Crippen molar-refractivity contribution in [2.24, 2.45) is 5.73 Å². The molecular weight excluding hydrogens is 212 g/mol. The van der Waals surface area contributed by atoms with Gasteiger partial charge in [-0.05, 0) is 38.8 Å². The van der Waals surface area contributed by atoms with E-state index in [1.165, 1.54) is 38.8 Å². The predicted octanol–water partition coefficient (Wildman–Crippen LogP) is 1.48. The minimum atomic E-state index is 0.810. The molecule has 0 saturated heterocycles. The molecule has 1 aromatic rings. The fraction of sp³-hybridized carbons (Fsp3) is 0.769. The molecule has 17 heavy (non-hydrogen) atoms. The van der Waals surface area contributed by atoms with E-state index in [9.17, 15) is 0 Å². The zero-order valence-corrected chi connectivity index (χ0v) is 10.6. The van der Waals surface area contributed by atoms with Gasteiger partial charge in [-0.2, -0.15) is 0 Å². The van der Waals surface area contributed by atoms with Gasteiger partial charge in [-0.1, -0.05) is 6.42 Å². The third kappa shape index (κ3) is 3.82. The third-order valence-corrected chi connectivity index (χ3v) is 3.66. The van der Waals surface area contributed by atoms with Crippen molar-refractivity contribution in [1.29, 1.82) is 0 Å². The Morgan fingerprint density at radius 2 is 2.12 bits per heavy atom. The molecule has 96 valence electrons. The van der Waals surface area contributed by atoms with E-state index in [0.717, 1.165) is 25.6 Å². The van der Waals surface area contributed by atoms with Crippen molar-refractivity contribution in [3.05, 3.63) is 18.7 Å². The number of nitrogens with two attached hydrogens (primary N) is 1. The lowest BCUT2D eigenvalue weighted by Crippen LogP contribution is -2.42. The van der Waals surface area contributed by atoms with Crippen LogP contribution in [0.4, 0.5) is 0 Å². The molecule has 1 aliphatic rings. The number of nitrogens with zero attached hydrogens (tertiary/aromatic N) is 3. The molecule has 4 nitrogen and oxygen atoms in total. The van der Waals surface area contributed by atoms with Gasteiger partial charge < -0.3 is 15.2 Å².